The highest BCUT2D eigenvalue weighted by Crippen LogP contribution is 2.40. The Kier molecular flexibility index (Phi) is 4.15. The first-order valence-electron chi connectivity index (χ1n) is 7.29. The maximum Gasteiger partial charge on any atom is 0.270 e. The van der Waals surface area contributed by atoms with E-state index in [1.165, 1.54) is 11.3 Å². The smallest absolute Gasteiger partial charge is 0.270 e. The van der Waals surface area contributed by atoms with E-state index >= 15 is 0 Å². The Bertz CT molecular complexity index is 920. The van der Waals surface area contributed by atoms with Gasteiger partial charge >= 0.3 is 0 Å². The van der Waals surface area contributed by atoms with Gasteiger partial charge in [-0.3, -0.25) is 4.79 Å². The minimum atomic E-state index is -0.289. The fraction of sp³-hybridized carbons (Fsp3) is 0.188. The summed E-state index contributed by atoms with van der Waals surface area (Å²) in [4.78, 5) is 17.7. The minimum Gasteiger partial charge on any atom is -0.333 e. The van der Waals surface area contributed by atoms with Gasteiger partial charge in [0.25, 0.3) is 11.8 Å². The van der Waals surface area contributed by atoms with E-state index in [-0.39, 0.29) is 5.91 Å². The quantitative estimate of drug-likeness (QED) is 0.613. The molecule has 24 heavy (non-hydrogen) atoms. The maximum atomic E-state index is 12.5. The summed E-state index contributed by atoms with van der Waals surface area (Å²) in [5, 5.41) is 9.14. The van der Waals surface area contributed by atoms with Gasteiger partial charge in [-0.15, -0.1) is 11.3 Å². The van der Waals surface area contributed by atoms with Gasteiger partial charge < -0.3 is 9.84 Å². The number of benzene rings is 1. The van der Waals surface area contributed by atoms with Crippen molar-refractivity contribution in [2.75, 3.05) is 5.32 Å². The van der Waals surface area contributed by atoms with Crippen LogP contribution in [0.2, 0.25) is 5.02 Å². The molecule has 3 aromatic rings. The van der Waals surface area contributed by atoms with Gasteiger partial charge in [-0.25, -0.2) is 0 Å². The third-order valence-corrected chi connectivity index (χ3v) is 5.39. The summed E-state index contributed by atoms with van der Waals surface area (Å²) in [5.41, 5.74) is 1.03. The van der Waals surface area contributed by atoms with E-state index in [1.54, 1.807) is 18.2 Å². The normalized spacial score (nSPS) is 13.9. The number of thiophene rings is 1. The van der Waals surface area contributed by atoms with Crippen molar-refractivity contribution < 1.29 is 9.32 Å². The van der Waals surface area contributed by atoms with E-state index < -0.39 is 0 Å². The summed E-state index contributed by atoms with van der Waals surface area (Å²) < 4.78 is 6.13. The van der Waals surface area contributed by atoms with Crippen LogP contribution in [0.3, 0.4) is 0 Å². The standard InChI is InChI=1S/C16H11BrClN3O2S/c17-9-3-4-11(18)10(7-9)15(22)19-12-5-6-24-13(12)16-20-14(21-23-16)8-1-2-8/h3-8H,1-2H2,(H,19,22). The molecule has 1 amide bonds. The molecule has 122 valence electrons. The second-order valence-electron chi connectivity index (χ2n) is 5.47. The number of hydrogen-bond donors (Lipinski definition) is 1. The van der Waals surface area contributed by atoms with Gasteiger partial charge in [-0.1, -0.05) is 32.7 Å². The number of rotatable bonds is 4. The van der Waals surface area contributed by atoms with Crippen molar-refractivity contribution in [3.8, 4) is 10.8 Å². The van der Waals surface area contributed by atoms with Gasteiger partial charge in [0, 0.05) is 10.4 Å². The van der Waals surface area contributed by atoms with Crippen molar-refractivity contribution in [2.24, 2.45) is 0 Å². The molecule has 0 unspecified atom stereocenters. The molecule has 8 heteroatoms. The highest BCUT2D eigenvalue weighted by molar-refractivity contribution is 9.10. The Hall–Kier alpha value is -1.70. The molecule has 0 spiro atoms. The van der Waals surface area contributed by atoms with Crippen LogP contribution in [-0.2, 0) is 0 Å². The van der Waals surface area contributed by atoms with E-state index in [1.807, 2.05) is 11.4 Å². The molecule has 2 aromatic heterocycles. The third kappa shape index (κ3) is 3.11. The van der Waals surface area contributed by atoms with Crippen LogP contribution >= 0.6 is 38.9 Å². The van der Waals surface area contributed by atoms with E-state index in [2.05, 4.69) is 31.4 Å². The van der Waals surface area contributed by atoms with Crippen molar-refractivity contribution in [3.05, 3.63) is 50.5 Å². The Morgan fingerprint density at radius 2 is 2.21 bits per heavy atom. The summed E-state index contributed by atoms with van der Waals surface area (Å²) in [6.45, 7) is 0. The maximum absolute atomic E-state index is 12.5. The predicted octanol–water partition coefficient (Wildman–Crippen LogP) is 5.34. The van der Waals surface area contributed by atoms with Crippen LogP contribution in [0.15, 0.2) is 38.6 Å². The predicted molar refractivity (Wildman–Crippen MR) is 96.7 cm³/mol. The van der Waals surface area contributed by atoms with E-state index in [9.17, 15) is 4.79 Å². The number of anilines is 1. The number of carbonyl (C=O) groups is 1. The molecular formula is C16H11BrClN3O2S. The summed E-state index contributed by atoms with van der Waals surface area (Å²) in [6, 6.07) is 6.95. The van der Waals surface area contributed by atoms with Crippen molar-refractivity contribution in [2.45, 2.75) is 18.8 Å². The van der Waals surface area contributed by atoms with Gasteiger partial charge in [-0.2, -0.15) is 4.98 Å². The van der Waals surface area contributed by atoms with Crippen LogP contribution < -0.4 is 5.32 Å². The monoisotopic (exact) mass is 423 g/mol. The summed E-state index contributed by atoms with van der Waals surface area (Å²) in [6.07, 6.45) is 2.21. The van der Waals surface area contributed by atoms with Gasteiger partial charge in [0.15, 0.2) is 5.82 Å². The Morgan fingerprint density at radius 3 is 3.00 bits per heavy atom. The lowest BCUT2D eigenvalue weighted by atomic mass is 10.2. The first kappa shape index (κ1) is 15.8. The van der Waals surface area contributed by atoms with E-state index in [4.69, 9.17) is 16.1 Å². The molecule has 0 bridgehead atoms. The molecule has 0 saturated heterocycles. The zero-order chi connectivity index (χ0) is 16.7. The molecule has 0 aliphatic heterocycles. The number of halogens is 2. The molecule has 0 atom stereocenters. The average Bonchev–Trinajstić information content (AvgIpc) is 3.12. The zero-order valence-electron chi connectivity index (χ0n) is 12.3. The second-order valence-corrected chi connectivity index (χ2v) is 7.71. The fourth-order valence-corrected chi connectivity index (χ4v) is 3.60. The number of aromatic nitrogens is 2. The van der Waals surface area contributed by atoms with Gasteiger partial charge in [0.1, 0.15) is 4.88 Å². The molecule has 1 saturated carbocycles. The van der Waals surface area contributed by atoms with Gasteiger partial charge in [-0.05, 0) is 42.5 Å². The Balaban J connectivity index is 1.60. The third-order valence-electron chi connectivity index (χ3n) is 3.66. The highest BCUT2D eigenvalue weighted by Gasteiger charge is 2.29. The summed E-state index contributed by atoms with van der Waals surface area (Å²) >= 11 is 10.9. The second kappa shape index (κ2) is 6.31. The van der Waals surface area contributed by atoms with Crippen LogP contribution in [0.4, 0.5) is 5.69 Å². The summed E-state index contributed by atoms with van der Waals surface area (Å²) in [7, 11) is 0. The Labute approximate surface area is 155 Å². The molecule has 4 rings (SSSR count). The first-order chi connectivity index (χ1) is 11.6. The lowest BCUT2D eigenvalue weighted by Crippen LogP contribution is -2.12. The molecule has 1 N–H and O–H groups in total. The van der Waals surface area contributed by atoms with Crippen molar-refractivity contribution >= 4 is 50.5 Å². The molecular weight excluding hydrogens is 414 g/mol. The van der Waals surface area contributed by atoms with Crippen molar-refractivity contribution in [1.29, 1.82) is 0 Å². The van der Waals surface area contributed by atoms with E-state index in [0.717, 1.165) is 28.0 Å². The molecule has 1 aliphatic carbocycles. The van der Waals surface area contributed by atoms with Crippen molar-refractivity contribution in [3.63, 3.8) is 0 Å². The number of nitrogens with one attached hydrogen (secondary N) is 1. The van der Waals surface area contributed by atoms with Crippen LogP contribution in [-0.4, -0.2) is 16.0 Å². The van der Waals surface area contributed by atoms with Crippen LogP contribution in [0.5, 0.6) is 0 Å². The van der Waals surface area contributed by atoms with Gasteiger partial charge in [0.2, 0.25) is 0 Å². The molecule has 5 nitrogen and oxygen atoms in total. The SMILES string of the molecule is O=C(Nc1ccsc1-c1nc(C2CC2)no1)c1cc(Br)ccc1Cl. The number of hydrogen-bond acceptors (Lipinski definition) is 5. The largest absolute Gasteiger partial charge is 0.333 e. The number of amides is 1. The van der Waals surface area contributed by atoms with Crippen LogP contribution in [0, 0.1) is 0 Å². The lowest BCUT2D eigenvalue weighted by molar-refractivity contribution is 0.102. The topological polar surface area (TPSA) is 68.0 Å². The fourth-order valence-electron chi connectivity index (χ4n) is 2.27. The first-order valence-corrected chi connectivity index (χ1v) is 9.35. The number of nitrogens with zero attached hydrogens (tertiary/aromatic N) is 2. The molecule has 1 aliphatic rings. The molecule has 2 heterocycles. The number of carbonyl (C=O) groups excluding carboxylic acids is 1. The zero-order valence-corrected chi connectivity index (χ0v) is 15.4. The minimum absolute atomic E-state index is 0.289. The van der Waals surface area contributed by atoms with Gasteiger partial charge in [0.05, 0.1) is 16.3 Å². The molecule has 0 radical (unpaired) electrons. The lowest BCUT2D eigenvalue weighted by Gasteiger charge is -2.07. The van der Waals surface area contributed by atoms with E-state index in [0.29, 0.717) is 28.1 Å². The summed E-state index contributed by atoms with van der Waals surface area (Å²) in [5.74, 6) is 1.30. The van der Waals surface area contributed by atoms with Crippen molar-refractivity contribution in [1.82, 2.24) is 10.1 Å². The molecule has 1 fully saturated rings. The average molecular weight is 425 g/mol. The Morgan fingerprint density at radius 1 is 1.38 bits per heavy atom. The van der Waals surface area contributed by atoms with Crippen LogP contribution in [0.1, 0.15) is 34.9 Å². The molecule has 1 aromatic carbocycles. The van der Waals surface area contributed by atoms with Crippen LogP contribution in [0.25, 0.3) is 10.8 Å². The highest BCUT2D eigenvalue weighted by atomic mass is 79.9.